The van der Waals surface area contributed by atoms with Gasteiger partial charge in [-0.15, -0.1) is 0 Å². The number of hydrogen-bond donors (Lipinski definition) is 1. The van der Waals surface area contributed by atoms with Crippen LogP contribution in [0.3, 0.4) is 0 Å². The van der Waals surface area contributed by atoms with E-state index in [0.29, 0.717) is 17.7 Å². The summed E-state index contributed by atoms with van der Waals surface area (Å²) in [6.07, 6.45) is 4.03. The second-order valence-electron chi connectivity index (χ2n) is 5.77. The van der Waals surface area contributed by atoms with Crippen molar-refractivity contribution in [2.45, 2.75) is 18.9 Å². The molecule has 0 unspecified atom stereocenters. The van der Waals surface area contributed by atoms with Crippen LogP contribution in [0.2, 0.25) is 0 Å². The van der Waals surface area contributed by atoms with Gasteiger partial charge >= 0.3 is 0 Å². The maximum atomic E-state index is 12.5. The summed E-state index contributed by atoms with van der Waals surface area (Å²) in [4.78, 5) is 16.9. The lowest BCUT2D eigenvalue weighted by Gasteiger charge is -2.35. The van der Waals surface area contributed by atoms with E-state index in [-0.39, 0.29) is 5.91 Å². The Labute approximate surface area is 119 Å². The molecule has 3 fully saturated rings. The molecule has 0 aliphatic carbocycles. The van der Waals surface area contributed by atoms with Crippen LogP contribution in [0.25, 0.3) is 0 Å². The Hall–Kier alpha value is -1.40. The molecule has 2 atom stereocenters. The standard InChI is InChI=1S/C14H22N4O2/c1-20-7-6-17-8-11-2-3-12(17)10-18(9-11)14(19)13-4-5-15-16-13/h4-5,11-12H,2-3,6-10H2,1H3,(H,15,16)/t11-,12-/m1/s1. The first-order chi connectivity index (χ1) is 9.78. The Balaban J connectivity index is 1.69. The topological polar surface area (TPSA) is 61.5 Å². The molecule has 0 saturated carbocycles. The van der Waals surface area contributed by atoms with E-state index >= 15 is 0 Å². The fourth-order valence-electron chi connectivity index (χ4n) is 3.37. The number of carbonyl (C=O) groups excluding carboxylic acids is 1. The average molecular weight is 278 g/mol. The minimum absolute atomic E-state index is 0.0768. The average Bonchev–Trinajstić information content (AvgIpc) is 2.85. The van der Waals surface area contributed by atoms with E-state index in [0.717, 1.165) is 32.8 Å². The molecular formula is C14H22N4O2. The largest absolute Gasteiger partial charge is 0.383 e. The van der Waals surface area contributed by atoms with Crippen LogP contribution in [0.4, 0.5) is 0 Å². The molecule has 3 aliphatic heterocycles. The van der Waals surface area contributed by atoms with Gasteiger partial charge in [-0.05, 0) is 24.8 Å². The van der Waals surface area contributed by atoms with Crippen molar-refractivity contribution in [3.63, 3.8) is 0 Å². The highest BCUT2D eigenvalue weighted by Gasteiger charge is 2.36. The van der Waals surface area contributed by atoms with E-state index in [1.165, 1.54) is 12.8 Å². The minimum atomic E-state index is 0.0768. The molecule has 6 heteroatoms. The smallest absolute Gasteiger partial charge is 0.271 e. The zero-order chi connectivity index (χ0) is 13.9. The van der Waals surface area contributed by atoms with Crippen molar-refractivity contribution < 1.29 is 9.53 Å². The molecule has 0 spiro atoms. The zero-order valence-electron chi connectivity index (χ0n) is 11.9. The normalized spacial score (nSPS) is 26.8. The summed E-state index contributed by atoms with van der Waals surface area (Å²) in [5.41, 5.74) is 0.592. The molecule has 0 radical (unpaired) electrons. The Morgan fingerprint density at radius 3 is 3.10 bits per heavy atom. The van der Waals surface area contributed by atoms with Gasteiger partial charge in [0.25, 0.3) is 5.91 Å². The number of aromatic amines is 1. The van der Waals surface area contributed by atoms with Gasteiger partial charge in [-0.25, -0.2) is 0 Å². The second-order valence-corrected chi connectivity index (χ2v) is 5.77. The first-order valence-corrected chi connectivity index (χ1v) is 7.29. The summed E-state index contributed by atoms with van der Waals surface area (Å²) < 4.78 is 5.19. The summed E-state index contributed by atoms with van der Waals surface area (Å²) in [6, 6.07) is 2.22. The predicted octanol–water partition coefficient (Wildman–Crippen LogP) is 0.592. The predicted molar refractivity (Wildman–Crippen MR) is 74.5 cm³/mol. The molecule has 20 heavy (non-hydrogen) atoms. The maximum absolute atomic E-state index is 12.5. The number of methoxy groups -OCH3 is 1. The summed E-state index contributed by atoms with van der Waals surface area (Å²) in [5.74, 6) is 0.658. The van der Waals surface area contributed by atoms with Crippen LogP contribution >= 0.6 is 0 Å². The van der Waals surface area contributed by atoms with Crippen molar-refractivity contribution >= 4 is 5.91 Å². The van der Waals surface area contributed by atoms with Gasteiger partial charge < -0.3 is 9.64 Å². The van der Waals surface area contributed by atoms with E-state index in [1.807, 2.05) is 4.90 Å². The minimum Gasteiger partial charge on any atom is -0.383 e. The van der Waals surface area contributed by atoms with Gasteiger partial charge in [-0.2, -0.15) is 5.10 Å². The van der Waals surface area contributed by atoms with Crippen LogP contribution < -0.4 is 0 Å². The number of nitrogens with zero attached hydrogens (tertiary/aromatic N) is 3. The summed E-state index contributed by atoms with van der Waals surface area (Å²) in [6.45, 7) is 4.48. The second kappa shape index (κ2) is 5.93. The van der Waals surface area contributed by atoms with Gasteiger partial charge in [0.2, 0.25) is 0 Å². The Morgan fingerprint density at radius 2 is 2.35 bits per heavy atom. The number of carbonyl (C=O) groups is 1. The lowest BCUT2D eigenvalue weighted by Crippen LogP contribution is -2.45. The van der Waals surface area contributed by atoms with Crippen LogP contribution in [0.15, 0.2) is 12.3 Å². The number of aromatic nitrogens is 2. The van der Waals surface area contributed by atoms with E-state index < -0.39 is 0 Å². The number of rotatable bonds is 4. The third-order valence-corrected chi connectivity index (χ3v) is 4.43. The molecule has 6 nitrogen and oxygen atoms in total. The van der Waals surface area contributed by atoms with Crippen LogP contribution in [0.5, 0.6) is 0 Å². The van der Waals surface area contributed by atoms with Crippen molar-refractivity contribution in [2.75, 3.05) is 39.9 Å². The van der Waals surface area contributed by atoms with Crippen molar-refractivity contribution in [3.8, 4) is 0 Å². The van der Waals surface area contributed by atoms with Crippen molar-refractivity contribution in [2.24, 2.45) is 5.92 Å². The molecular weight excluding hydrogens is 256 g/mol. The molecule has 0 aromatic carbocycles. The molecule has 4 rings (SSSR count). The Morgan fingerprint density at radius 1 is 1.45 bits per heavy atom. The van der Waals surface area contributed by atoms with Crippen LogP contribution in [-0.4, -0.2) is 71.8 Å². The van der Waals surface area contributed by atoms with Gasteiger partial charge in [0, 0.05) is 45.5 Å². The quantitative estimate of drug-likeness (QED) is 0.876. The van der Waals surface area contributed by atoms with E-state index in [1.54, 1.807) is 19.4 Å². The lowest BCUT2D eigenvalue weighted by molar-refractivity contribution is 0.0712. The van der Waals surface area contributed by atoms with Gasteiger partial charge in [0.1, 0.15) is 5.69 Å². The summed E-state index contributed by atoms with van der Waals surface area (Å²) in [5, 5.41) is 6.65. The number of amides is 1. The molecule has 110 valence electrons. The molecule has 1 aromatic heterocycles. The number of fused-ring (bicyclic) bond motifs is 4. The first kappa shape index (κ1) is 13.6. The van der Waals surface area contributed by atoms with Crippen molar-refractivity contribution in [3.05, 3.63) is 18.0 Å². The highest BCUT2D eigenvalue weighted by Crippen LogP contribution is 2.28. The van der Waals surface area contributed by atoms with Crippen LogP contribution in [0, 0.1) is 5.92 Å². The lowest BCUT2D eigenvalue weighted by atomic mass is 9.95. The van der Waals surface area contributed by atoms with Gasteiger partial charge in [0.15, 0.2) is 0 Å². The highest BCUT2D eigenvalue weighted by atomic mass is 16.5. The third kappa shape index (κ3) is 2.71. The van der Waals surface area contributed by atoms with Crippen LogP contribution in [-0.2, 0) is 4.74 Å². The summed E-state index contributed by atoms with van der Waals surface area (Å²) >= 11 is 0. The number of ether oxygens (including phenoxy) is 1. The monoisotopic (exact) mass is 278 g/mol. The van der Waals surface area contributed by atoms with Crippen molar-refractivity contribution in [1.82, 2.24) is 20.0 Å². The van der Waals surface area contributed by atoms with Gasteiger partial charge in [-0.1, -0.05) is 0 Å². The maximum Gasteiger partial charge on any atom is 0.271 e. The van der Waals surface area contributed by atoms with Gasteiger partial charge in [0.05, 0.1) is 6.61 Å². The molecule has 3 saturated heterocycles. The molecule has 4 heterocycles. The summed E-state index contributed by atoms with van der Waals surface area (Å²) in [7, 11) is 1.74. The van der Waals surface area contributed by atoms with Crippen molar-refractivity contribution in [1.29, 1.82) is 0 Å². The SMILES string of the molecule is COCCN1C[C@H]2CC[C@@H]1CN(C(=O)c1ccn[nH]1)C2. The Bertz CT molecular complexity index is 448. The van der Waals surface area contributed by atoms with E-state index in [4.69, 9.17) is 4.74 Å². The number of nitrogens with one attached hydrogen (secondary N) is 1. The Kier molecular flexibility index (Phi) is 4.03. The molecule has 1 amide bonds. The van der Waals surface area contributed by atoms with E-state index in [9.17, 15) is 4.79 Å². The third-order valence-electron chi connectivity index (χ3n) is 4.43. The fourth-order valence-corrected chi connectivity index (χ4v) is 3.37. The van der Waals surface area contributed by atoms with Gasteiger partial charge in [-0.3, -0.25) is 14.8 Å². The molecule has 3 aliphatic rings. The number of piperidine rings is 1. The highest BCUT2D eigenvalue weighted by molar-refractivity contribution is 5.92. The number of hydrogen-bond acceptors (Lipinski definition) is 4. The molecule has 1 N–H and O–H groups in total. The fraction of sp³-hybridized carbons (Fsp3) is 0.714. The first-order valence-electron chi connectivity index (χ1n) is 7.29. The van der Waals surface area contributed by atoms with E-state index in [2.05, 4.69) is 15.1 Å². The molecule has 1 aromatic rings. The molecule has 2 bridgehead atoms. The van der Waals surface area contributed by atoms with Crippen LogP contribution in [0.1, 0.15) is 23.3 Å². The zero-order valence-corrected chi connectivity index (χ0v) is 11.9. The number of H-pyrrole nitrogens is 1.